The number of aryl methyl sites for hydroxylation is 1. The van der Waals surface area contributed by atoms with Gasteiger partial charge in [-0.3, -0.25) is 4.98 Å². The molecule has 0 spiro atoms. The first kappa shape index (κ1) is 9.28. The summed E-state index contributed by atoms with van der Waals surface area (Å²) in [5, 5.41) is 0. The van der Waals surface area contributed by atoms with Gasteiger partial charge in [-0.1, -0.05) is 24.3 Å². The average molecular weight is 201 g/mol. The maximum Gasteiger partial charge on any atom is 0.0713 e. The molecule has 2 rings (SSSR count). The molecule has 0 atom stereocenters. The van der Waals surface area contributed by atoms with Crippen LogP contribution in [0.3, 0.4) is 0 Å². The van der Waals surface area contributed by atoms with Gasteiger partial charge < -0.3 is 0 Å². The van der Waals surface area contributed by atoms with E-state index < -0.39 is 0 Å². The highest BCUT2D eigenvalue weighted by Gasteiger charge is 2.03. The standard InChI is InChI=1S/C12H11NS/c1-9-5-4-6-10(12(9)14)11-7-2-3-8-13-11/h2-8,14H,1H3. The molecule has 1 heterocycles. The third-order valence-electron chi connectivity index (χ3n) is 2.18. The summed E-state index contributed by atoms with van der Waals surface area (Å²) in [5.41, 5.74) is 3.24. The first-order valence-electron chi connectivity index (χ1n) is 4.49. The zero-order chi connectivity index (χ0) is 9.97. The predicted molar refractivity (Wildman–Crippen MR) is 61.7 cm³/mol. The largest absolute Gasteiger partial charge is 0.256 e. The van der Waals surface area contributed by atoms with Crippen molar-refractivity contribution in [3.63, 3.8) is 0 Å². The zero-order valence-electron chi connectivity index (χ0n) is 7.94. The van der Waals surface area contributed by atoms with Crippen LogP contribution in [-0.2, 0) is 0 Å². The van der Waals surface area contributed by atoms with Crippen LogP contribution in [0.2, 0.25) is 0 Å². The van der Waals surface area contributed by atoms with Crippen molar-refractivity contribution in [3.8, 4) is 11.3 Å². The van der Waals surface area contributed by atoms with Gasteiger partial charge in [-0.05, 0) is 24.6 Å². The summed E-state index contributed by atoms with van der Waals surface area (Å²) in [6, 6.07) is 12.0. The fourth-order valence-electron chi connectivity index (χ4n) is 1.39. The van der Waals surface area contributed by atoms with Crippen LogP contribution in [-0.4, -0.2) is 4.98 Å². The number of rotatable bonds is 1. The van der Waals surface area contributed by atoms with Gasteiger partial charge in [0.05, 0.1) is 5.69 Å². The van der Waals surface area contributed by atoms with Gasteiger partial charge in [0.25, 0.3) is 0 Å². The fraction of sp³-hybridized carbons (Fsp3) is 0.0833. The summed E-state index contributed by atoms with van der Waals surface area (Å²) < 4.78 is 0. The monoisotopic (exact) mass is 201 g/mol. The van der Waals surface area contributed by atoms with Crippen LogP contribution in [0.5, 0.6) is 0 Å². The second-order valence-corrected chi connectivity index (χ2v) is 3.63. The van der Waals surface area contributed by atoms with Gasteiger partial charge in [-0.15, -0.1) is 12.6 Å². The van der Waals surface area contributed by atoms with Gasteiger partial charge in [0, 0.05) is 16.7 Å². The molecule has 0 saturated heterocycles. The van der Waals surface area contributed by atoms with E-state index in [1.54, 1.807) is 6.20 Å². The molecule has 0 aliphatic heterocycles. The Labute approximate surface area is 89.2 Å². The lowest BCUT2D eigenvalue weighted by molar-refractivity contribution is 1.26. The van der Waals surface area contributed by atoms with E-state index in [-0.39, 0.29) is 0 Å². The highest BCUT2D eigenvalue weighted by Crippen LogP contribution is 2.26. The minimum absolute atomic E-state index is 0.973. The number of thiol groups is 1. The van der Waals surface area contributed by atoms with Crippen molar-refractivity contribution in [1.29, 1.82) is 0 Å². The van der Waals surface area contributed by atoms with E-state index in [2.05, 4.69) is 30.6 Å². The van der Waals surface area contributed by atoms with E-state index in [0.29, 0.717) is 0 Å². The summed E-state index contributed by atoms with van der Waals surface area (Å²) in [6.07, 6.45) is 1.80. The molecule has 2 aromatic rings. The van der Waals surface area contributed by atoms with Crippen LogP contribution in [0.15, 0.2) is 47.5 Å². The molecule has 1 aromatic heterocycles. The number of hydrogen-bond donors (Lipinski definition) is 1. The number of nitrogens with zero attached hydrogens (tertiary/aromatic N) is 1. The molecule has 14 heavy (non-hydrogen) atoms. The molecule has 0 unspecified atom stereocenters. The predicted octanol–water partition coefficient (Wildman–Crippen LogP) is 3.35. The van der Waals surface area contributed by atoms with Gasteiger partial charge in [-0.2, -0.15) is 0 Å². The van der Waals surface area contributed by atoms with E-state index in [1.165, 1.54) is 5.56 Å². The highest BCUT2D eigenvalue weighted by molar-refractivity contribution is 7.80. The average Bonchev–Trinajstić information content (AvgIpc) is 2.23. The van der Waals surface area contributed by atoms with Crippen molar-refractivity contribution in [2.75, 3.05) is 0 Å². The molecule has 1 aromatic carbocycles. The summed E-state index contributed by atoms with van der Waals surface area (Å²) in [5.74, 6) is 0. The Balaban J connectivity index is 2.58. The van der Waals surface area contributed by atoms with E-state index >= 15 is 0 Å². The quantitative estimate of drug-likeness (QED) is 0.698. The van der Waals surface area contributed by atoms with E-state index in [4.69, 9.17) is 0 Å². The third kappa shape index (κ3) is 1.66. The van der Waals surface area contributed by atoms with Gasteiger partial charge in [0.15, 0.2) is 0 Å². The summed E-state index contributed by atoms with van der Waals surface area (Å²) in [4.78, 5) is 5.31. The third-order valence-corrected chi connectivity index (χ3v) is 2.77. The second kappa shape index (κ2) is 3.84. The normalized spacial score (nSPS) is 10.1. The van der Waals surface area contributed by atoms with Crippen molar-refractivity contribution in [2.24, 2.45) is 0 Å². The molecule has 0 amide bonds. The smallest absolute Gasteiger partial charge is 0.0713 e. The number of benzene rings is 1. The van der Waals surface area contributed by atoms with Crippen LogP contribution >= 0.6 is 12.6 Å². The molecule has 70 valence electrons. The van der Waals surface area contributed by atoms with Crippen molar-refractivity contribution in [2.45, 2.75) is 11.8 Å². The molecule has 0 N–H and O–H groups in total. The molecule has 2 heteroatoms. The molecule has 0 bridgehead atoms. The van der Waals surface area contributed by atoms with E-state index in [0.717, 1.165) is 16.2 Å². The van der Waals surface area contributed by atoms with Crippen molar-refractivity contribution >= 4 is 12.6 Å². The fourth-order valence-corrected chi connectivity index (χ4v) is 1.65. The number of hydrogen-bond acceptors (Lipinski definition) is 2. The highest BCUT2D eigenvalue weighted by atomic mass is 32.1. The van der Waals surface area contributed by atoms with Gasteiger partial charge in [0.1, 0.15) is 0 Å². The van der Waals surface area contributed by atoms with Gasteiger partial charge >= 0.3 is 0 Å². The summed E-state index contributed by atoms with van der Waals surface area (Å²) >= 11 is 4.48. The van der Waals surface area contributed by atoms with Crippen molar-refractivity contribution in [3.05, 3.63) is 48.2 Å². The maximum absolute atomic E-state index is 4.48. The lowest BCUT2D eigenvalue weighted by atomic mass is 10.1. The Morgan fingerprint density at radius 2 is 1.93 bits per heavy atom. The first-order valence-corrected chi connectivity index (χ1v) is 4.94. The molecule has 0 saturated carbocycles. The lowest BCUT2D eigenvalue weighted by Crippen LogP contribution is -1.85. The lowest BCUT2D eigenvalue weighted by Gasteiger charge is -2.06. The molecule has 0 radical (unpaired) electrons. The number of pyridine rings is 1. The summed E-state index contributed by atoms with van der Waals surface area (Å²) in [7, 11) is 0. The Morgan fingerprint density at radius 3 is 2.64 bits per heavy atom. The van der Waals surface area contributed by atoms with Crippen LogP contribution in [0.1, 0.15) is 5.56 Å². The maximum atomic E-state index is 4.48. The first-order chi connectivity index (χ1) is 6.79. The molecule has 0 fully saturated rings. The Bertz CT molecular complexity index is 437. The molecular weight excluding hydrogens is 190 g/mol. The van der Waals surface area contributed by atoms with Crippen molar-refractivity contribution < 1.29 is 0 Å². The molecule has 0 aliphatic rings. The topological polar surface area (TPSA) is 12.9 Å². The van der Waals surface area contributed by atoms with Crippen LogP contribution in [0.4, 0.5) is 0 Å². The Kier molecular flexibility index (Phi) is 2.55. The summed E-state index contributed by atoms with van der Waals surface area (Å²) in [6.45, 7) is 2.05. The molecule has 1 nitrogen and oxygen atoms in total. The van der Waals surface area contributed by atoms with Crippen LogP contribution in [0.25, 0.3) is 11.3 Å². The Morgan fingerprint density at radius 1 is 1.07 bits per heavy atom. The molecule has 0 aliphatic carbocycles. The van der Waals surface area contributed by atoms with E-state index in [1.807, 2.05) is 30.3 Å². The zero-order valence-corrected chi connectivity index (χ0v) is 8.83. The van der Waals surface area contributed by atoms with Gasteiger partial charge in [-0.25, -0.2) is 0 Å². The SMILES string of the molecule is Cc1cccc(-c2ccccn2)c1S. The van der Waals surface area contributed by atoms with Crippen LogP contribution < -0.4 is 0 Å². The second-order valence-electron chi connectivity index (χ2n) is 3.19. The van der Waals surface area contributed by atoms with Crippen molar-refractivity contribution in [1.82, 2.24) is 4.98 Å². The van der Waals surface area contributed by atoms with E-state index in [9.17, 15) is 0 Å². The van der Waals surface area contributed by atoms with Gasteiger partial charge in [0.2, 0.25) is 0 Å². The minimum Gasteiger partial charge on any atom is -0.256 e. The minimum atomic E-state index is 0.973. The number of aromatic nitrogens is 1. The van der Waals surface area contributed by atoms with Crippen LogP contribution in [0, 0.1) is 6.92 Å². The Hall–Kier alpha value is -1.28. The molecular formula is C12H11NS.